The lowest BCUT2D eigenvalue weighted by molar-refractivity contribution is 0.0789. The minimum atomic E-state index is -4.68. The molecule has 0 unspecified atom stereocenters. The zero-order valence-electron chi connectivity index (χ0n) is 13.4. The number of hydrogen-bond donors (Lipinski definition) is 1. The van der Waals surface area contributed by atoms with E-state index >= 15 is 0 Å². The minimum absolute atomic E-state index is 0.148. The van der Waals surface area contributed by atoms with E-state index in [1.807, 2.05) is 6.07 Å². The van der Waals surface area contributed by atoms with E-state index < -0.39 is 26.4 Å². The van der Waals surface area contributed by atoms with Crippen molar-refractivity contribution < 1.29 is 31.5 Å². The van der Waals surface area contributed by atoms with Gasteiger partial charge in [0.2, 0.25) is 9.84 Å². The molecule has 1 aliphatic rings. The standard InChI is InChI=1S/C17H15F2NO5S/c18-17(19)26(22,23)13-7-5-11(6-8-13)16(21)20-9-12-10-24-14-3-1-2-4-15(14)25-12/h1-8,12,17H,9-10H2,(H,20,21)/t12-/m1/s1. The van der Waals surface area contributed by atoms with Crippen LogP contribution in [0.25, 0.3) is 0 Å². The average Bonchev–Trinajstić information content (AvgIpc) is 2.66. The number of alkyl halides is 2. The van der Waals surface area contributed by atoms with Crippen molar-refractivity contribution in [3.05, 3.63) is 54.1 Å². The van der Waals surface area contributed by atoms with Crippen LogP contribution in [0.4, 0.5) is 8.78 Å². The lowest BCUT2D eigenvalue weighted by Crippen LogP contribution is -2.40. The first-order valence-corrected chi connectivity index (χ1v) is 9.21. The first kappa shape index (κ1) is 18.1. The Labute approximate surface area is 148 Å². The second-order valence-electron chi connectivity index (χ2n) is 5.54. The highest BCUT2D eigenvalue weighted by molar-refractivity contribution is 7.91. The van der Waals surface area contributed by atoms with Crippen molar-refractivity contribution in [3.8, 4) is 11.5 Å². The van der Waals surface area contributed by atoms with Crippen LogP contribution >= 0.6 is 0 Å². The highest BCUT2D eigenvalue weighted by atomic mass is 32.2. The van der Waals surface area contributed by atoms with Gasteiger partial charge in [0, 0.05) is 5.56 Å². The summed E-state index contributed by atoms with van der Waals surface area (Å²) in [6.45, 7) is 0.438. The Morgan fingerprint density at radius 2 is 1.77 bits per heavy atom. The summed E-state index contributed by atoms with van der Waals surface area (Å²) in [7, 11) is -4.68. The molecule has 0 saturated heterocycles. The molecule has 1 atom stereocenters. The summed E-state index contributed by atoms with van der Waals surface area (Å²) in [4.78, 5) is 11.6. The van der Waals surface area contributed by atoms with Gasteiger partial charge in [0.25, 0.3) is 5.91 Å². The molecule has 0 bridgehead atoms. The van der Waals surface area contributed by atoms with E-state index in [1.54, 1.807) is 18.2 Å². The number of carbonyl (C=O) groups is 1. The molecule has 0 spiro atoms. The number of para-hydroxylation sites is 2. The molecule has 2 aromatic carbocycles. The molecule has 1 aliphatic heterocycles. The summed E-state index contributed by atoms with van der Waals surface area (Å²) in [6, 6.07) is 11.5. The normalized spacial score (nSPS) is 16.3. The molecule has 0 saturated carbocycles. The van der Waals surface area contributed by atoms with Crippen LogP contribution in [0.15, 0.2) is 53.4 Å². The zero-order chi connectivity index (χ0) is 18.7. The highest BCUT2D eigenvalue weighted by Gasteiger charge is 2.26. The Morgan fingerprint density at radius 1 is 1.12 bits per heavy atom. The number of rotatable bonds is 5. The van der Waals surface area contributed by atoms with Gasteiger partial charge in [0.05, 0.1) is 11.4 Å². The number of nitrogens with one attached hydrogen (secondary N) is 1. The number of hydrogen-bond acceptors (Lipinski definition) is 5. The molecule has 6 nitrogen and oxygen atoms in total. The molecule has 1 N–H and O–H groups in total. The molecule has 0 radical (unpaired) electrons. The summed E-state index contributed by atoms with van der Waals surface area (Å²) in [5, 5.41) is 2.64. The second kappa shape index (κ2) is 7.28. The molecular formula is C17H15F2NO5S. The van der Waals surface area contributed by atoms with Crippen molar-refractivity contribution in [1.82, 2.24) is 5.32 Å². The smallest absolute Gasteiger partial charge is 0.341 e. The topological polar surface area (TPSA) is 81.7 Å². The number of fused-ring (bicyclic) bond motifs is 1. The van der Waals surface area contributed by atoms with Crippen molar-refractivity contribution in [2.24, 2.45) is 0 Å². The number of sulfone groups is 1. The summed E-state index contributed by atoms with van der Waals surface area (Å²) < 4.78 is 59.0. The maximum Gasteiger partial charge on any atom is 0.341 e. The number of halogens is 2. The molecule has 1 amide bonds. The third kappa shape index (κ3) is 3.77. The largest absolute Gasteiger partial charge is 0.486 e. The van der Waals surface area contributed by atoms with Gasteiger partial charge < -0.3 is 14.8 Å². The number of benzene rings is 2. The van der Waals surface area contributed by atoms with Crippen molar-refractivity contribution in [2.75, 3.05) is 13.2 Å². The Bertz CT molecular complexity index is 900. The molecule has 9 heteroatoms. The molecule has 3 rings (SSSR count). The lowest BCUT2D eigenvalue weighted by atomic mass is 10.2. The van der Waals surface area contributed by atoms with Gasteiger partial charge in [-0.2, -0.15) is 8.78 Å². The highest BCUT2D eigenvalue weighted by Crippen LogP contribution is 2.30. The maximum atomic E-state index is 12.5. The number of ether oxygens (including phenoxy) is 2. The number of amides is 1. The molecular weight excluding hydrogens is 368 g/mol. The van der Waals surface area contributed by atoms with Gasteiger partial charge in [-0.15, -0.1) is 0 Å². The van der Waals surface area contributed by atoms with Crippen LogP contribution in [0.3, 0.4) is 0 Å². The van der Waals surface area contributed by atoms with Crippen LogP contribution in [0.1, 0.15) is 10.4 Å². The van der Waals surface area contributed by atoms with E-state index in [1.165, 1.54) is 12.1 Å². The minimum Gasteiger partial charge on any atom is -0.486 e. The molecule has 2 aromatic rings. The van der Waals surface area contributed by atoms with Crippen LogP contribution in [0.2, 0.25) is 0 Å². The Hall–Kier alpha value is -2.68. The Kier molecular flexibility index (Phi) is 5.08. The van der Waals surface area contributed by atoms with Gasteiger partial charge in [-0.05, 0) is 36.4 Å². The van der Waals surface area contributed by atoms with Crippen molar-refractivity contribution in [3.63, 3.8) is 0 Å². The third-order valence-corrected chi connectivity index (χ3v) is 5.14. The van der Waals surface area contributed by atoms with Gasteiger partial charge in [-0.1, -0.05) is 12.1 Å². The van der Waals surface area contributed by atoms with Crippen LogP contribution in [-0.4, -0.2) is 39.3 Å². The third-order valence-electron chi connectivity index (χ3n) is 3.74. The average molecular weight is 383 g/mol. The van der Waals surface area contributed by atoms with Crippen molar-refractivity contribution in [1.29, 1.82) is 0 Å². The quantitative estimate of drug-likeness (QED) is 0.857. The SMILES string of the molecule is O=C(NC[C@@H]1COc2ccccc2O1)c1ccc(S(=O)(=O)C(F)F)cc1. The number of carbonyl (C=O) groups excluding carboxylic acids is 1. The molecule has 1 heterocycles. The van der Waals surface area contributed by atoms with Gasteiger partial charge in [-0.25, -0.2) is 8.42 Å². The first-order valence-electron chi connectivity index (χ1n) is 7.67. The van der Waals surface area contributed by atoms with Gasteiger partial charge in [0.1, 0.15) is 12.7 Å². The first-order chi connectivity index (χ1) is 12.4. The fraction of sp³-hybridized carbons (Fsp3) is 0.235. The van der Waals surface area contributed by atoms with E-state index in [9.17, 15) is 22.0 Å². The Morgan fingerprint density at radius 3 is 2.42 bits per heavy atom. The fourth-order valence-electron chi connectivity index (χ4n) is 2.37. The zero-order valence-corrected chi connectivity index (χ0v) is 14.2. The predicted molar refractivity (Wildman–Crippen MR) is 88.3 cm³/mol. The van der Waals surface area contributed by atoms with E-state index in [0.29, 0.717) is 11.5 Å². The van der Waals surface area contributed by atoms with Crippen molar-refractivity contribution >= 4 is 15.7 Å². The van der Waals surface area contributed by atoms with Crippen LogP contribution in [0.5, 0.6) is 11.5 Å². The maximum absolute atomic E-state index is 12.5. The molecule has 26 heavy (non-hydrogen) atoms. The van der Waals surface area contributed by atoms with E-state index in [0.717, 1.165) is 12.1 Å². The Balaban J connectivity index is 1.59. The van der Waals surface area contributed by atoms with Gasteiger partial charge in [0.15, 0.2) is 11.5 Å². The molecule has 138 valence electrons. The predicted octanol–water partition coefficient (Wildman–Crippen LogP) is 2.25. The van der Waals surface area contributed by atoms with Crippen LogP contribution < -0.4 is 14.8 Å². The summed E-state index contributed by atoms with van der Waals surface area (Å²) >= 11 is 0. The van der Waals surface area contributed by atoms with E-state index in [-0.39, 0.29) is 24.8 Å². The summed E-state index contributed by atoms with van der Waals surface area (Å²) in [6.07, 6.45) is -0.382. The van der Waals surface area contributed by atoms with Crippen LogP contribution in [-0.2, 0) is 9.84 Å². The molecule has 0 fully saturated rings. The van der Waals surface area contributed by atoms with Crippen molar-refractivity contribution in [2.45, 2.75) is 16.8 Å². The van der Waals surface area contributed by atoms with E-state index in [2.05, 4.69) is 5.32 Å². The second-order valence-corrected chi connectivity index (χ2v) is 7.46. The molecule has 0 aromatic heterocycles. The van der Waals surface area contributed by atoms with Crippen LogP contribution in [0, 0.1) is 0 Å². The monoisotopic (exact) mass is 383 g/mol. The summed E-state index contributed by atoms with van der Waals surface area (Å²) in [5.74, 6) is -2.77. The fourth-order valence-corrected chi connectivity index (χ4v) is 3.09. The van der Waals surface area contributed by atoms with E-state index in [4.69, 9.17) is 9.47 Å². The molecule has 0 aliphatic carbocycles. The van der Waals surface area contributed by atoms with Gasteiger partial charge in [-0.3, -0.25) is 4.79 Å². The summed E-state index contributed by atoms with van der Waals surface area (Å²) in [5.41, 5.74) is 0.148. The van der Waals surface area contributed by atoms with Gasteiger partial charge >= 0.3 is 5.76 Å². The lowest BCUT2D eigenvalue weighted by Gasteiger charge is -2.26.